The van der Waals surface area contributed by atoms with Crippen molar-refractivity contribution in [2.45, 2.75) is 0 Å². The molecule has 0 spiro atoms. The van der Waals surface area contributed by atoms with Gasteiger partial charge in [0, 0.05) is 75.2 Å². The number of furan rings is 1. The van der Waals surface area contributed by atoms with E-state index in [0.717, 1.165) is 77.6 Å². The number of rotatable bonds is 6. The van der Waals surface area contributed by atoms with Crippen LogP contribution in [0.3, 0.4) is 0 Å². The molecule has 13 rings (SSSR count). The third-order valence-electron chi connectivity index (χ3n) is 12.3. The third-order valence-corrected chi connectivity index (χ3v) is 13.5. The van der Waals surface area contributed by atoms with E-state index in [-0.39, 0.29) is 0 Å². The van der Waals surface area contributed by atoms with Crippen molar-refractivity contribution in [3.63, 3.8) is 0 Å². The van der Waals surface area contributed by atoms with Gasteiger partial charge in [-0.3, -0.25) is 0 Å². The summed E-state index contributed by atoms with van der Waals surface area (Å²) < 4.78 is 11.6. The standard InChI is InChI=1S/C57H34N4OS/c1-3-17-35(18-4-1)55-58-56(36-19-5-2-6-20-36)60-57(59-55)52-42(45-28-16-27-44-40-23-9-13-31-50(40)62-53(44)45)25-15-26-43(52)47-34-37(33-46-41-24-10-14-32-51(41)63-54(46)47)61-48-29-11-7-21-38(48)39-22-8-12-30-49(39)61/h1-34H. The molecule has 4 aromatic heterocycles. The van der Waals surface area contributed by atoms with Crippen LogP contribution in [0.1, 0.15) is 0 Å². The van der Waals surface area contributed by atoms with Crippen LogP contribution >= 0.6 is 11.3 Å². The summed E-state index contributed by atoms with van der Waals surface area (Å²) in [5.74, 6) is 1.79. The van der Waals surface area contributed by atoms with Crippen LogP contribution in [0.2, 0.25) is 0 Å². The van der Waals surface area contributed by atoms with Gasteiger partial charge in [0.05, 0.1) is 11.0 Å². The van der Waals surface area contributed by atoms with Crippen molar-refractivity contribution >= 4 is 75.3 Å². The van der Waals surface area contributed by atoms with E-state index < -0.39 is 0 Å². The molecule has 0 saturated carbocycles. The fourth-order valence-electron chi connectivity index (χ4n) is 9.46. The number of hydrogen-bond acceptors (Lipinski definition) is 5. The predicted octanol–water partition coefficient (Wildman–Crippen LogP) is 15.6. The Balaban J connectivity index is 1.18. The fraction of sp³-hybridized carbons (Fsp3) is 0. The van der Waals surface area contributed by atoms with Crippen LogP contribution in [0.5, 0.6) is 0 Å². The maximum Gasteiger partial charge on any atom is 0.165 e. The highest BCUT2D eigenvalue weighted by molar-refractivity contribution is 7.26. The van der Waals surface area contributed by atoms with Crippen molar-refractivity contribution in [2.24, 2.45) is 0 Å². The minimum absolute atomic E-state index is 0.581. The lowest BCUT2D eigenvalue weighted by atomic mass is 9.89. The van der Waals surface area contributed by atoms with Crippen molar-refractivity contribution in [2.75, 3.05) is 0 Å². The van der Waals surface area contributed by atoms with Gasteiger partial charge in [0.25, 0.3) is 0 Å². The molecule has 0 unspecified atom stereocenters. The third kappa shape index (κ3) is 5.66. The molecule has 0 saturated heterocycles. The Hall–Kier alpha value is -8.19. The molecule has 13 aromatic rings. The minimum atomic E-state index is 0.581. The van der Waals surface area contributed by atoms with Crippen LogP contribution in [0.25, 0.3) is 126 Å². The van der Waals surface area contributed by atoms with Crippen molar-refractivity contribution in [3.8, 4) is 62.1 Å². The quantitative estimate of drug-likeness (QED) is 0.168. The number of hydrogen-bond donors (Lipinski definition) is 0. The normalized spacial score (nSPS) is 11.8. The second kappa shape index (κ2) is 14.2. The molecule has 4 heterocycles. The summed E-state index contributed by atoms with van der Waals surface area (Å²) in [7, 11) is 0. The topological polar surface area (TPSA) is 56.7 Å². The number of para-hydroxylation sites is 4. The number of aromatic nitrogens is 4. The van der Waals surface area contributed by atoms with E-state index in [1.54, 1.807) is 0 Å². The monoisotopic (exact) mass is 822 g/mol. The molecule has 0 bridgehead atoms. The number of benzene rings is 9. The van der Waals surface area contributed by atoms with E-state index in [0.29, 0.717) is 17.5 Å². The predicted molar refractivity (Wildman–Crippen MR) is 262 cm³/mol. The lowest BCUT2D eigenvalue weighted by Gasteiger charge is -2.18. The van der Waals surface area contributed by atoms with E-state index in [9.17, 15) is 0 Å². The number of nitrogens with zero attached hydrogens (tertiary/aromatic N) is 4. The summed E-state index contributed by atoms with van der Waals surface area (Å²) in [4.78, 5) is 16.0. The Morgan fingerprint density at radius 3 is 1.60 bits per heavy atom. The van der Waals surface area contributed by atoms with E-state index in [1.165, 1.54) is 30.9 Å². The van der Waals surface area contributed by atoms with Gasteiger partial charge in [0.1, 0.15) is 11.2 Å². The highest BCUT2D eigenvalue weighted by Gasteiger charge is 2.25. The fourth-order valence-corrected chi connectivity index (χ4v) is 10.7. The number of thiophene rings is 1. The molecule has 9 aromatic carbocycles. The summed E-state index contributed by atoms with van der Waals surface area (Å²) in [5.41, 5.74) is 11.9. The van der Waals surface area contributed by atoms with Crippen molar-refractivity contribution in [3.05, 3.63) is 206 Å². The molecule has 6 heteroatoms. The lowest BCUT2D eigenvalue weighted by Crippen LogP contribution is -2.03. The summed E-state index contributed by atoms with van der Waals surface area (Å²) in [5, 5.41) is 7.01. The lowest BCUT2D eigenvalue weighted by molar-refractivity contribution is 0.670. The highest BCUT2D eigenvalue weighted by atomic mass is 32.1. The second-order valence-corrected chi connectivity index (χ2v) is 16.9. The van der Waals surface area contributed by atoms with Crippen molar-refractivity contribution in [1.82, 2.24) is 19.5 Å². The average molecular weight is 823 g/mol. The average Bonchev–Trinajstić information content (AvgIpc) is 4.04. The van der Waals surface area contributed by atoms with Gasteiger partial charge in [0.2, 0.25) is 0 Å². The second-order valence-electron chi connectivity index (χ2n) is 15.9. The summed E-state index contributed by atoms with van der Waals surface area (Å²) in [6.45, 7) is 0. The molecule has 0 amide bonds. The Labute approximate surface area is 365 Å². The zero-order valence-electron chi connectivity index (χ0n) is 33.7. The molecule has 0 fully saturated rings. The Bertz CT molecular complexity index is 3810. The van der Waals surface area contributed by atoms with E-state index in [4.69, 9.17) is 19.4 Å². The molecule has 5 nitrogen and oxygen atoms in total. The van der Waals surface area contributed by atoms with Gasteiger partial charge < -0.3 is 8.98 Å². The van der Waals surface area contributed by atoms with Gasteiger partial charge in [-0.15, -0.1) is 11.3 Å². The molecule has 0 N–H and O–H groups in total. The first-order chi connectivity index (χ1) is 31.2. The Morgan fingerprint density at radius 2 is 0.905 bits per heavy atom. The van der Waals surface area contributed by atoms with E-state index in [1.807, 2.05) is 59.9 Å². The van der Waals surface area contributed by atoms with E-state index >= 15 is 0 Å². The van der Waals surface area contributed by atoms with Crippen LogP contribution in [0.4, 0.5) is 0 Å². The Kier molecular flexibility index (Phi) is 8.01. The SMILES string of the molecule is c1ccc(-c2nc(-c3ccccc3)nc(-c3c(-c4cccc5c4oc4ccccc45)cccc3-c3cc(-n4c5ccccc5c5ccccc54)cc4c3sc3ccccc34)n2)cc1. The van der Waals surface area contributed by atoms with Crippen molar-refractivity contribution < 1.29 is 4.42 Å². The molecule has 0 aliphatic rings. The van der Waals surface area contributed by atoms with Crippen LogP contribution in [0, 0.1) is 0 Å². The molecular weight excluding hydrogens is 789 g/mol. The zero-order valence-corrected chi connectivity index (χ0v) is 34.6. The van der Waals surface area contributed by atoms with Crippen LogP contribution in [0.15, 0.2) is 211 Å². The first-order valence-corrected chi connectivity index (χ1v) is 21.9. The van der Waals surface area contributed by atoms with Crippen LogP contribution in [-0.2, 0) is 0 Å². The maximum absolute atomic E-state index is 6.77. The first kappa shape index (κ1) is 35.6. The van der Waals surface area contributed by atoms with Gasteiger partial charge in [-0.2, -0.15) is 0 Å². The summed E-state index contributed by atoms with van der Waals surface area (Å²) >= 11 is 1.83. The van der Waals surface area contributed by atoms with Crippen molar-refractivity contribution in [1.29, 1.82) is 0 Å². The molecule has 63 heavy (non-hydrogen) atoms. The molecule has 0 radical (unpaired) electrons. The molecule has 0 atom stereocenters. The summed E-state index contributed by atoms with van der Waals surface area (Å²) in [6, 6.07) is 72.6. The molecule has 294 valence electrons. The van der Waals surface area contributed by atoms with Gasteiger partial charge in [0.15, 0.2) is 17.5 Å². The van der Waals surface area contributed by atoms with Gasteiger partial charge in [-0.25, -0.2) is 15.0 Å². The maximum atomic E-state index is 6.77. The molecular formula is C57H34N4OS. The van der Waals surface area contributed by atoms with Gasteiger partial charge >= 0.3 is 0 Å². The zero-order chi connectivity index (χ0) is 41.4. The molecule has 0 aliphatic carbocycles. The Morgan fingerprint density at radius 1 is 0.381 bits per heavy atom. The van der Waals surface area contributed by atoms with E-state index in [2.05, 4.69) is 162 Å². The smallest absolute Gasteiger partial charge is 0.165 e. The number of fused-ring (bicyclic) bond motifs is 9. The van der Waals surface area contributed by atoms with Crippen LogP contribution in [-0.4, -0.2) is 19.5 Å². The van der Waals surface area contributed by atoms with Gasteiger partial charge in [-0.1, -0.05) is 170 Å². The molecule has 0 aliphatic heterocycles. The largest absolute Gasteiger partial charge is 0.455 e. The summed E-state index contributed by atoms with van der Waals surface area (Å²) in [6.07, 6.45) is 0. The van der Waals surface area contributed by atoms with Crippen LogP contribution < -0.4 is 0 Å². The van der Waals surface area contributed by atoms with Gasteiger partial charge in [-0.05, 0) is 47.5 Å². The minimum Gasteiger partial charge on any atom is -0.455 e. The highest BCUT2D eigenvalue weighted by Crippen LogP contribution is 2.48. The first-order valence-electron chi connectivity index (χ1n) is 21.1.